The molecule has 2 nitrogen and oxygen atoms in total. The van der Waals surface area contributed by atoms with Crippen LogP contribution in [0.15, 0.2) is 12.1 Å². The molecule has 0 radical (unpaired) electrons. The maximum Gasteiger partial charge on any atom is 0.0626 e. The third kappa shape index (κ3) is 2.93. The quantitative estimate of drug-likeness (QED) is 0.856. The summed E-state index contributed by atoms with van der Waals surface area (Å²) < 4.78 is 0. The minimum atomic E-state index is 0.0902. The Morgan fingerprint density at radius 2 is 1.72 bits per heavy atom. The summed E-state index contributed by atoms with van der Waals surface area (Å²) in [7, 11) is 0. The average molecular weight is 247 g/mol. The summed E-state index contributed by atoms with van der Waals surface area (Å²) in [6.07, 6.45) is 5.14. The SMILES string of the molecule is Cc1cc(C)c(C(CO)NC2CCCC2)cc1C. The number of hydrogen-bond donors (Lipinski definition) is 2. The Balaban J connectivity index is 2.18. The van der Waals surface area contributed by atoms with Crippen LogP contribution in [-0.2, 0) is 0 Å². The van der Waals surface area contributed by atoms with E-state index in [1.807, 2.05) is 0 Å². The fourth-order valence-electron chi connectivity index (χ4n) is 2.98. The molecule has 1 aromatic carbocycles. The normalized spacial score (nSPS) is 18.2. The molecule has 100 valence electrons. The minimum absolute atomic E-state index is 0.0902. The van der Waals surface area contributed by atoms with E-state index in [1.165, 1.54) is 47.9 Å². The van der Waals surface area contributed by atoms with Crippen molar-refractivity contribution >= 4 is 0 Å². The maximum absolute atomic E-state index is 9.66. The molecule has 1 saturated carbocycles. The Labute approximate surface area is 110 Å². The predicted octanol–water partition coefficient (Wildman–Crippen LogP) is 3.18. The van der Waals surface area contributed by atoms with Crippen molar-refractivity contribution in [1.29, 1.82) is 0 Å². The molecular formula is C16H25NO. The molecule has 0 amide bonds. The Bertz CT molecular complexity index is 408. The fourth-order valence-corrected chi connectivity index (χ4v) is 2.98. The zero-order valence-corrected chi connectivity index (χ0v) is 11.8. The van der Waals surface area contributed by atoms with Crippen molar-refractivity contribution in [2.45, 2.75) is 58.5 Å². The number of hydrogen-bond acceptors (Lipinski definition) is 2. The van der Waals surface area contributed by atoms with E-state index in [0.29, 0.717) is 6.04 Å². The molecule has 0 bridgehead atoms. The van der Waals surface area contributed by atoms with Gasteiger partial charge in [-0.3, -0.25) is 0 Å². The first-order chi connectivity index (χ1) is 8.61. The van der Waals surface area contributed by atoms with Crippen molar-refractivity contribution in [3.8, 4) is 0 Å². The van der Waals surface area contributed by atoms with E-state index in [0.717, 1.165) is 0 Å². The average Bonchev–Trinajstić information content (AvgIpc) is 2.84. The van der Waals surface area contributed by atoms with Gasteiger partial charge in [-0.25, -0.2) is 0 Å². The zero-order chi connectivity index (χ0) is 13.1. The van der Waals surface area contributed by atoms with E-state index in [9.17, 15) is 5.11 Å². The Kier molecular flexibility index (Phi) is 4.41. The monoisotopic (exact) mass is 247 g/mol. The molecule has 1 fully saturated rings. The molecular weight excluding hydrogens is 222 g/mol. The van der Waals surface area contributed by atoms with Gasteiger partial charge in [0.2, 0.25) is 0 Å². The van der Waals surface area contributed by atoms with Gasteiger partial charge in [-0.05, 0) is 55.9 Å². The predicted molar refractivity (Wildman–Crippen MR) is 75.9 cm³/mol. The van der Waals surface area contributed by atoms with Gasteiger partial charge < -0.3 is 10.4 Å². The van der Waals surface area contributed by atoms with Crippen molar-refractivity contribution < 1.29 is 5.11 Å². The van der Waals surface area contributed by atoms with Crippen LogP contribution in [0.2, 0.25) is 0 Å². The largest absolute Gasteiger partial charge is 0.394 e. The van der Waals surface area contributed by atoms with E-state index in [2.05, 4.69) is 38.2 Å². The van der Waals surface area contributed by atoms with Gasteiger partial charge in [0.1, 0.15) is 0 Å². The number of aryl methyl sites for hydroxylation is 3. The van der Waals surface area contributed by atoms with Crippen LogP contribution in [-0.4, -0.2) is 17.8 Å². The Hall–Kier alpha value is -0.860. The molecule has 0 saturated heterocycles. The lowest BCUT2D eigenvalue weighted by molar-refractivity contribution is 0.232. The van der Waals surface area contributed by atoms with Crippen LogP contribution in [0.1, 0.15) is 54.0 Å². The molecule has 1 aromatic rings. The highest BCUT2D eigenvalue weighted by molar-refractivity contribution is 5.38. The summed E-state index contributed by atoms with van der Waals surface area (Å²) in [6, 6.07) is 5.13. The summed E-state index contributed by atoms with van der Waals surface area (Å²) in [4.78, 5) is 0. The van der Waals surface area contributed by atoms with Gasteiger partial charge >= 0.3 is 0 Å². The molecule has 2 N–H and O–H groups in total. The summed E-state index contributed by atoms with van der Waals surface area (Å²) in [5.41, 5.74) is 5.17. The van der Waals surface area contributed by atoms with Gasteiger partial charge in [0.25, 0.3) is 0 Å². The van der Waals surface area contributed by atoms with Crippen LogP contribution in [0, 0.1) is 20.8 Å². The van der Waals surface area contributed by atoms with E-state index >= 15 is 0 Å². The molecule has 1 unspecified atom stereocenters. The van der Waals surface area contributed by atoms with Gasteiger partial charge in [-0.2, -0.15) is 0 Å². The van der Waals surface area contributed by atoms with Crippen molar-refractivity contribution in [3.05, 3.63) is 34.4 Å². The number of aliphatic hydroxyl groups is 1. The number of benzene rings is 1. The lowest BCUT2D eigenvalue weighted by atomic mass is 9.95. The number of rotatable bonds is 4. The third-order valence-electron chi connectivity index (χ3n) is 4.23. The summed E-state index contributed by atoms with van der Waals surface area (Å²) in [5.74, 6) is 0. The zero-order valence-electron chi connectivity index (χ0n) is 11.8. The van der Waals surface area contributed by atoms with Gasteiger partial charge in [0.05, 0.1) is 12.6 Å². The number of aliphatic hydroxyl groups excluding tert-OH is 1. The second-order valence-electron chi connectivity index (χ2n) is 5.68. The van der Waals surface area contributed by atoms with Crippen LogP contribution in [0.25, 0.3) is 0 Å². The van der Waals surface area contributed by atoms with E-state index < -0.39 is 0 Å². The van der Waals surface area contributed by atoms with Gasteiger partial charge in [0.15, 0.2) is 0 Å². The second kappa shape index (κ2) is 5.85. The van der Waals surface area contributed by atoms with Crippen LogP contribution >= 0.6 is 0 Å². The molecule has 2 heteroatoms. The standard InChI is InChI=1S/C16H25NO/c1-11-8-13(3)15(9-12(11)2)16(10-18)17-14-6-4-5-7-14/h8-9,14,16-18H,4-7,10H2,1-3H3. The van der Waals surface area contributed by atoms with Gasteiger partial charge in [0, 0.05) is 6.04 Å². The van der Waals surface area contributed by atoms with E-state index in [4.69, 9.17) is 0 Å². The van der Waals surface area contributed by atoms with E-state index in [1.54, 1.807) is 0 Å². The molecule has 1 aliphatic rings. The van der Waals surface area contributed by atoms with Crippen molar-refractivity contribution in [2.75, 3.05) is 6.61 Å². The highest BCUT2D eigenvalue weighted by atomic mass is 16.3. The highest BCUT2D eigenvalue weighted by Gasteiger charge is 2.21. The van der Waals surface area contributed by atoms with Crippen LogP contribution in [0.4, 0.5) is 0 Å². The van der Waals surface area contributed by atoms with Crippen LogP contribution < -0.4 is 5.32 Å². The molecule has 1 atom stereocenters. The molecule has 18 heavy (non-hydrogen) atoms. The first-order valence-corrected chi connectivity index (χ1v) is 7.06. The summed E-state index contributed by atoms with van der Waals surface area (Å²) >= 11 is 0. The minimum Gasteiger partial charge on any atom is -0.394 e. The van der Waals surface area contributed by atoms with Crippen molar-refractivity contribution in [1.82, 2.24) is 5.32 Å². The van der Waals surface area contributed by atoms with Gasteiger partial charge in [-0.1, -0.05) is 25.0 Å². The first kappa shape index (κ1) is 13.6. The summed E-state index contributed by atoms with van der Waals surface area (Å²) in [5, 5.41) is 13.3. The third-order valence-corrected chi connectivity index (χ3v) is 4.23. The lowest BCUT2D eigenvalue weighted by Gasteiger charge is -2.24. The fraction of sp³-hybridized carbons (Fsp3) is 0.625. The van der Waals surface area contributed by atoms with Crippen LogP contribution in [0.5, 0.6) is 0 Å². The Morgan fingerprint density at radius 3 is 2.33 bits per heavy atom. The molecule has 0 aromatic heterocycles. The topological polar surface area (TPSA) is 32.3 Å². The molecule has 2 rings (SSSR count). The molecule has 0 spiro atoms. The van der Waals surface area contributed by atoms with Gasteiger partial charge in [-0.15, -0.1) is 0 Å². The molecule has 1 aliphatic carbocycles. The second-order valence-corrected chi connectivity index (χ2v) is 5.68. The summed E-state index contributed by atoms with van der Waals surface area (Å²) in [6.45, 7) is 6.60. The first-order valence-electron chi connectivity index (χ1n) is 7.06. The van der Waals surface area contributed by atoms with Crippen LogP contribution in [0.3, 0.4) is 0 Å². The maximum atomic E-state index is 9.66. The van der Waals surface area contributed by atoms with Crippen molar-refractivity contribution in [2.24, 2.45) is 0 Å². The highest BCUT2D eigenvalue weighted by Crippen LogP contribution is 2.25. The molecule has 0 aliphatic heterocycles. The van der Waals surface area contributed by atoms with E-state index in [-0.39, 0.29) is 12.6 Å². The smallest absolute Gasteiger partial charge is 0.0626 e. The number of nitrogens with one attached hydrogen (secondary N) is 1. The molecule has 0 heterocycles. The lowest BCUT2D eigenvalue weighted by Crippen LogP contribution is -2.33. The van der Waals surface area contributed by atoms with Crippen molar-refractivity contribution in [3.63, 3.8) is 0 Å². The Morgan fingerprint density at radius 1 is 1.11 bits per heavy atom.